The Morgan fingerprint density at radius 3 is 2.12 bits per heavy atom. The SMILES string of the molecule is CNC1(C)CCC(C)(C)CCCC(C)(N)C1. The van der Waals surface area contributed by atoms with Gasteiger partial charge in [-0.2, -0.15) is 0 Å². The van der Waals surface area contributed by atoms with Gasteiger partial charge in [-0.3, -0.25) is 0 Å². The monoisotopic (exact) mass is 226 g/mol. The van der Waals surface area contributed by atoms with Crippen LogP contribution >= 0.6 is 0 Å². The molecule has 1 aliphatic rings. The number of rotatable bonds is 1. The highest BCUT2D eigenvalue weighted by molar-refractivity contribution is 4.95. The molecule has 3 N–H and O–H groups in total. The van der Waals surface area contributed by atoms with Crippen molar-refractivity contribution in [3.05, 3.63) is 0 Å². The van der Waals surface area contributed by atoms with Gasteiger partial charge in [0.2, 0.25) is 0 Å². The summed E-state index contributed by atoms with van der Waals surface area (Å²) in [5, 5.41) is 3.49. The van der Waals surface area contributed by atoms with Crippen molar-refractivity contribution >= 4 is 0 Å². The van der Waals surface area contributed by atoms with Crippen molar-refractivity contribution < 1.29 is 0 Å². The Hall–Kier alpha value is -0.0800. The van der Waals surface area contributed by atoms with Gasteiger partial charge in [-0.25, -0.2) is 0 Å². The smallest absolute Gasteiger partial charge is 0.0167 e. The zero-order valence-electron chi connectivity index (χ0n) is 11.8. The van der Waals surface area contributed by atoms with Crippen LogP contribution in [0.3, 0.4) is 0 Å². The first kappa shape index (κ1) is 14.0. The lowest BCUT2D eigenvalue weighted by Gasteiger charge is -2.37. The van der Waals surface area contributed by atoms with Crippen LogP contribution in [-0.2, 0) is 0 Å². The molecule has 0 aliphatic heterocycles. The summed E-state index contributed by atoms with van der Waals surface area (Å²) in [5.74, 6) is 0. The molecule has 0 spiro atoms. The number of nitrogens with one attached hydrogen (secondary N) is 1. The maximum absolute atomic E-state index is 6.42. The Balaban J connectivity index is 2.81. The van der Waals surface area contributed by atoms with E-state index in [9.17, 15) is 0 Å². The van der Waals surface area contributed by atoms with Crippen molar-refractivity contribution in [3.63, 3.8) is 0 Å². The molecule has 1 rings (SSSR count). The van der Waals surface area contributed by atoms with Crippen molar-refractivity contribution in [1.82, 2.24) is 5.32 Å². The molecule has 2 unspecified atom stereocenters. The second kappa shape index (κ2) is 4.66. The van der Waals surface area contributed by atoms with E-state index in [2.05, 4.69) is 40.1 Å². The van der Waals surface area contributed by atoms with E-state index in [4.69, 9.17) is 5.73 Å². The molecule has 0 aromatic heterocycles. The summed E-state index contributed by atoms with van der Waals surface area (Å²) in [7, 11) is 2.07. The molecule has 96 valence electrons. The number of hydrogen-bond donors (Lipinski definition) is 2. The Labute approximate surface area is 101 Å². The van der Waals surface area contributed by atoms with Gasteiger partial charge in [0.25, 0.3) is 0 Å². The van der Waals surface area contributed by atoms with Gasteiger partial charge in [-0.05, 0) is 58.4 Å². The lowest BCUT2D eigenvalue weighted by atomic mass is 9.78. The quantitative estimate of drug-likeness (QED) is 0.721. The second-order valence-electron chi connectivity index (χ2n) is 7.16. The first-order valence-corrected chi connectivity index (χ1v) is 6.66. The fraction of sp³-hybridized carbons (Fsp3) is 1.00. The predicted molar refractivity (Wildman–Crippen MR) is 71.5 cm³/mol. The molecule has 2 nitrogen and oxygen atoms in total. The molecular weight excluding hydrogens is 196 g/mol. The molecule has 0 aromatic rings. The summed E-state index contributed by atoms with van der Waals surface area (Å²) in [6, 6.07) is 0. The van der Waals surface area contributed by atoms with Gasteiger partial charge in [0.1, 0.15) is 0 Å². The second-order valence-corrected chi connectivity index (χ2v) is 7.16. The third-order valence-electron chi connectivity index (χ3n) is 4.35. The van der Waals surface area contributed by atoms with Gasteiger partial charge in [0.15, 0.2) is 0 Å². The molecule has 16 heavy (non-hydrogen) atoms. The zero-order chi connectivity index (χ0) is 12.4. The molecule has 0 heterocycles. The summed E-state index contributed by atoms with van der Waals surface area (Å²) in [5.41, 5.74) is 7.07. The van der Waals surface area contributed by atoms with Gasteiger partial charge >= 0.3 is 0 Å². The van der Waals surface area contributed by atoms with Crippen LogP contribution in [0.25, 0.3) is 0 Å². The fourth-order valence-corrected chi connectivity index (χ4v) is 2.99. The number of hydrogen-bond acceptors (Lipinski definition) is 2. The highest BCUT2D eigenvalue weighted by Gasteiger charge is 2.35. The van der Waals surface area contributed by atoms with E-state index in [1.807, 2.05) is 0 Å². The van der Waals surface area contributed by atoms with E-state index in [0.29, 0.717) is 5.41 Å². The van der Waals surface area contributed by atoms with E-state index in [0.717, 1.165) is 12.8 Å². The molecular formula is C14H30N2. The number of nitrogens with two attached hydrogens (primary N) is 1. The summed E-state index contributed by atoms with van der Waals surface area (Å²) in [6.45, 7) is 9.31. The van der Waals surface area contributed by atoms with Crippen molar-refractivity contribution in [2.75, 3.05) is 7.05 Å². The standard InChI is InChI=1S/C14H30N2/c1-12(2)7-6-8-13(3,15)11-14(4,16-5)10-9-12/h16H,6-11,15H2,1-5H3. The van der Waals surface area contributed by atoms with Crippen LogP contribution < -0.4 is 11.1 Å². The maximum Gasteiger partial charge on any atom is 0.0167 e. The molecule has 2 heteroatoms. The average molecular weight is 226 g/mol. The Kier molecular flexibility index (Phi) is 4.07. The van der Waals surface area contributed by atoms with Crippen molar-refractivity contribution in [3.8, 4) is 0 Å². The lowest BCUT2D eigenvalue weighted by Crippen LogP contribution is -2.50. The van der Waals surface area contributed by atoms with E-state index in [1.165, 1.54) is 25.7 Å². The molecule has 1 fully saturated rings. The van der Waals surface area contributed by atoms with Gasteiger partial charge < -0.3 is 11.1 Å². The molecule has 0 aromatic carbocycles. The molecule has 0 radical (unpaired) electrons. The third kappa shape index (κ3) is 4.06. The maximum atomic E-state index is 6.42. The molecule has 1 saturated carbocycles. The minimum absolute atomic E-state index is 0.0157. The van der Waals surface area contributed by atoms with Gasteiger partial charge in [-0.1, -0.05) is 20.3 Å². The highest BCUT2D eigenvalue weighted by atomic mass is 14.9. The van der Waals surface area contributed by atoms with Gasteiger partial charge in [0.05, 0.1) is 0 Å². The lowest BCUT2D eigenvalue weighted by molar-refractivity contribution is 0.226. The van der Waals surface area contributed by atoms with Crippen LogP contribution in [0.1, 0.15) is 66.2 Å². The van der Waals surface area contributed by atoms with Crippen LogP contribution in [0.4, 0.5) is 0 Å². The Morgan fingerprint density at radius 1 is 0.938 bits per heavy atom. The minimum atomic E-state index is -0.0157. The fourth-order valence-electron chi connectivity index (χ4n) is 2.99. The van der Waals surface area contributed by atoms with Crippen molar-refractivity contribution in [2.24, 2.45) is 11.1 Å². The summed E-state index contributed by atoms with van der Waals surface area (Å²) < 4.78 is 0. The van der Waals surface area contributed by atoms with Crippen LogP contribution in [0.2, 0.25) is 0 Å². The third-order valence-corrected chi connectivity index (χ3v) is 4.35. The van der Waals surface area contributed by atoms with Crippen LogP contribution in [-0.4, -0.2) is 18.1 Å². The molecule has 0 saturated heterocycles. The minimum Gasteiger partial charge on any atom is -0.325 e. The Bertz CT molecular complexity index is 233. The highest BCUT2D eigenvalue weighted by Crippen LogP contribution is 2.37. The molecule has 0 amide bonds. The van der Waals surface area contributed by atoms with Crippen LogP contribution in [0.5, 0.6) is 0 Å². The van der Waals surface area contributed by atoms with Crippen molar-refractivity contribution in [1.29, 1.82) is 0 Å². The van der Waals surface area contributed by atoms with Gasteiger partial charge in [0, 0.05) is 11.1 Å². The largest absolute Gasteiger partial charge is 0.325 e. The van der Waals surface area contributed by atoms with Crippen LogP contribution in [0.15, 0.2) is 0 Å². The summed E-state index contributed by atoms with van der Waals surface area (Å²) >= 11 is 0. The summed E-state index contributed by atoms with van der Waals surface area (Å²) in [4.78, 5) is 0. The average Bonchev–Trinajstić information content (AvgIpc) is 2.16. The van der Waals surface area contributed by atoms with E-state index in [-0.39, 0.29) is 11.1 Å². The Morgan fingerprint density at radius 2 is 1.56 bits per heavy atom. The first-order valence-electron chi connectivity index (χ1n) is 6.66. The van der Waals surface area contributed by atoms with E-state index in [1.54, 1.807) is 0 Å². The van der Waals surface area contributed by atoms with E-state index >= 15 is 0 Å². The van der Waals surface area contributed by atoms with Crippen LogP contribution in [0, 0.1) is 5.41 Å². The topological polar surface area (TPSA) is 38.0 Å². The molecule has 1 aliphatic carbocycles. The predicted octanol–water partition coefficient (Wildman–Crippen LogP) is 3.06. The first-order chi connectivity index (χ1) is 7.18. The van der Waals surface area contributed by atoms with Gasteiger partial charge in [-0.15, -0.1) is 0 Å². The van der Waals surface area contributed by atoms with Crippen molar-refractivity contribution in [2.45, 2.75) is 77.3 Å². The molecule has 0 bridgehead atoms. The summed E-state index contributed by atoms with van der Waals surface area (Å²) in [6.07, 6.45) is 7.31. The molecule has 2 atom stereocenters. The van der Waals surface area contributed by atoms with E-state index < -0.39 is 0 Å². The zero-order valence-corrected chi connectivity index (χ0v) is 11.8. The normalized spacial score (nSPS) is 40.9.